The van der Waals surface area contributed by atoms with Crippen molar-refractivity contribution in [3.8, 4) is 0 Å². The second-order valence-corrected chi connectivity index (χ2v) is 9.42. The number of carbonyl (C=O) groups is 1. The van der Waals surface area contributed by atoms with Crippen LogP contribution in [0.2, 0.25) is 0 Å². The number of fused-ring (bicyclic) bond motifs is 1. The SMILES string of the molecule is O=C(Cc1cccc2cccnc12)N1CCN(S(=O)(=O)c2cccc(C(F)(F)F)c2)CC1. The Hall–Kier alpha value is -2.98. The van der Waals surface area contributed by atoms with Crippen LogP contribution in [0.4, 0.5) is 13.2 Å². The van der Waals surface area contributed by atoms with Gasteiger partial charge in [-0.3, -0.25) is 9.78 Å². The number of hydrogen-bond acceptors (Lipinski definition) is 4. The number of halogens is 3. The zero-order chi connectivity index (χ0) is 22.9. The summed E-state index contributed by atoms with van der Waals surface area (Å²) in [6, 6.07) is 13.0. The molecule has 2 heterocycles. The molecule has 1 aromatic heterocycles. The monoisotopic (exact) mass is 463 g/mol. The largest absolute Gasteiger partial charge is 0.416 e. The molecule has 32 heavy (non-hydrogen) atoms. The van der Waals surface area contributed by atoms with Crippen molar-refractivity contribution in [2.24, 2.45) is 0 Å². The van der Waals surface area contributed by atoms with Crippen LogP contribution in [0.15, 0.2) is 65.7 Å². The van der Waals surface area contributed by atoms with Crippen LogP contribution in [0, 0.1) is 0 Å². The minimum absolute atomic E-state index is 0.0120. The van der Waals surface area contributed by atoms with E-state index in [0.717, 1.165) is 39.0 Å². The molecule has 6 nitrogen and oxygen atoms in total. The standard InChI is InChI=1S/C22H20F3N3O3S/c23-22(24,25)18-7-2-8-19(15-18)32(30,31)28-12-10-27(11-13-28)20(29)14-17-5-1-4-16-6-3-9-26-21(16)17/h1-9,15H,10-14H2. The summed E-state index contributed by atoms with van der Waals surface area (Å²) in [5.41, 5.74) is 0.511. The summed E-state index contributed by atoms with van der Waals surface area (Å²) in [4.78, 5) is 18.3. The summed E-state index contributed by atoms with van der Waals surface area (Å²) in [6.45, 7) is 0.348. The average molecular weight is 463 g/mol. The smallest absolute Gasteiger partial charge is 0.340 e. The number of hydrogen-bond donors (Lipinski definition) is 0. The van der Waals surface area contributed by atoms with E-state index >= 15 is 0 Å². The van der Waals surface area contributed by atoms with Gasteiger partial charge in [-0.25, -0.2) is 8.42 Å². The van der Waals surface area contributed by atoms with E-state index in [9.17, 15) is 26.4 Å². The minimum Gasteiger partial charge on any atom is -0.340 e. The highest BCUT2D eigenvalue weighted by molar-refractivity contribution is 7.89. The second kappa shape index (κ2) is 8.51. The third-order valence-corrected chi connectivity index (χ3v) is 7.34. The van der Waals surface area contributed by atoms with Crippen molar-refractivity contribution in [2.75, 3.05) is 26.2 Å². The zero-order valence-electron chi connectivity index (χ0n) is 16.9. The van der Waals surface area contributed by atoms with E-state index in [0.29, 0.717) is 6.07 Å². The molecule has 1 aliphatic heterocycles. The molecule has 1 saturated heterocycles. The maximum Gasteiger partial charge on any atom is 0.416 e. The Morgan fingerprint density at radius 3 is 2.38 bits per heavy atom. The van der Waals surface area contributed by atoms with Gasteiger partial charge in [0.1, 0.15) is 0 Å². The van der Waals surface area contributed by atoms with Gasteiger partial charge in [-0.05, 0) is 29.8 Å². The summed E-state index contributed by atoms with van der Waals surface area (Å²) < 4.78 is 65.6. The molecule has 10 heteroatoms. The first-order valence-electron chi connectivity index (χ1n) is 9.94. The summed E-state index contributed by atoms with van der Waals surface area (Å²) in [5, 5.41) is 0.926. The summed E-state index contributed by atoms with van der Waals surface area (Å²) in [6.07, 6.45) is -2.84. The number of aromatic nitrogens is 1. The maximum atomic E-state index is 13.0. The highest BCUT2D eigenvalue weighted by Gasteiger charge is 2.34. The highest BCUT2D eigenvalue weighted by Crippen LogP contribution is 2.31. The van der Waals surface area contributed by atoms with Gasteiger partial charge in [0.15, 0.2) is 0 Å². The number of nitrogens with zero attached hydrogens (tertiary/aromatic N) is 3. The van der Waals surface area contributed by atoms with Crippen LogP contribution < -0.4 is 0 Å². The molecule has 0 unspecified atom stereocenters. The van der Waals surface area contributed by atoms with Crippen LogP contribution in [-0.4, -0.2) is 54.7 Å². The lowest BCUT2D eigenvalue weighted by Crippen LogP contribution is -2.50. The Kier molecular flexibility index (Phi) is 5.91. The quantitative estimate of drug-likeness (QED) is 0.595. The highest BCUT2D eigenvalue weighted by atomic mass is 32.2. The molecule has 0 saturated carbocycles. The van der Waals surface area contributed by atoms with E-state index in [1.54, 1.807) is 11.1 Å². The van der Waals surface area contributed by atoms with Crippen molar-refractivity contribution in [1.82, 2.24) is 14.2 Å². The van der Waals surface area contributed by atoms with Crippen LogP contribution in [0.3, 0.4) is 0 Å². The molecule has 1 aliphatic rings. The molecule has 0 radical (unpaired) electrons. The summed E-state index contributed by atoms with van der Waals surface area (Å²) >= 11 is 0. The molecule has 1 amide bonds. The normalized spacial score (nSPS) is 15.8. The number of carbonyl (C=O) groups excluding carboxylic acids is 1. The van der Waals surface area contributed by atoms with Crippen molar-refractivity contribution < 1.29 is 26.4 Å². The predicted octanol–water partition coefficient (Wildman–Crippen LogP) is 3.33. The zero-order valence-corrected chi connectivity index (χ0v) is 17.7. The number of para-hydroxylation sites is 1. The lowest BCUT2D eigenvalue weighted by Gasteiger charge is -2.34. The molecule has 1 fully saturated rings. The summed E-state index contributed by atoms with van der Waals surface area (Å²) in [5.74, 6) is -0.153. The van der Waals surface area contributed by atoms with Gasteiger partial charge in [-0.1, -0.05) is 30.3 Å². The van der Waals surface area contributed by atoms with Gasteiger partial charge in [0.2, 0.25) is 15.9 Å². The molecule has 0 N–H and O–H groups in total. The van der Waals surface area contributed by atoms with Gasteiger partial charge in [-0.2, -0.15) is 17.5 Å². The fourth-order valence-corrected chi connectivity index (χ4v) is 5.21. The van der Waals surface area contributed by atoms with Crippen LogP contribution in [0.25, 0.3) is 10.9 Å². The molecule has 0 aliphatic carbocycles. The molecule has 0 atom stereocenters. The molecular formula is C22H20F3N3O3S. The van der Waals surface area contributed by atoms with Gasteiger partial charge >= 0.3 is 6.18 Å². The first-order valence-corrected chi connectivity index (χ1v) is 11.4. The van der Waals surface area contributed by atoms with Crippen molar-refractivity contribution >= 4 is 26.8 Å². The third-order valence-electron chi connectivity index (χ3n) is 5.45. The Labute approximate surface area is 183 Å². The van der Waals surface area contributed by atoms with Crippen LogP contribution in [0.5, 0.6) is 0 Å². The average Bonchev–Trinajstić information content (AvgIpc) is 2.79. The number of amides is 1. The van der Waals surface area contributed by atoms with Crippen molar-refractivity contribution in [3.63, 3.8) is 0 Å². The first-order chi connectivity index (χ1) is 15.2. The van der Waals surface area contributed by atoms with Crippen molar-refractivity contribution in [2.45, 2.75) is 17.5 Å². The van der Waals surface area contributed by atoms with Crippen LogP contribution >= 0.6 is 0 Å². The molecule has 3 aromatic rings. The number of pyridine rings is 1. The predicted molar refractivity (Wildman–Crippen MR) is 112 cm³/mol. The number of piperazine rings is 1. The lowest BCUT2D eigenvalue weighted by molar-refractivity contribution is -0.137. The topological polar surface area (TPSA) is 70.6 Å². The molecule has 0 bridgehead atoms. The summed E-state index contributed by atoms with van der Waals surface area (Å²) in [7, 11) is -4.10. The molecule has 2 aromatic carbocycles. The number of sulfonamides is 1. The fourth-order valence-electron chi connectivity index (χ4n) is 3.74. The lowest BCUT2D eigenvalue weighted by atomic mass is 10.1. The van der Waals surface area contributed by atoms with E-state index in [2.05, 4.69) is 4.98 Å². The Balaban J connectivity index is 1.44. The molecule has 0 spiro atoms. The third kappa shape index (κ3) is 4.46. The fraction of sp³-hybridized carbons (Fsp3) is 0.273. The van der Waals surface area contributed by atoms with Gasteiger partial charge in [0.25, 0.3) is 0 Å². The molecule has 4 rings (SSSR count). The van der Waals surface area contributed by atoms with E-state index < -0.39 is 26.7 Å². The minimum atomic E-state index is -4.63. The van der Waals surface area contributed by atoms with Crippen molar-refractivity contribution in [3.05, 3.63) is 71.9 Å². The number of benzene rings is 2. The maximum absolute atomic E-state index is 13.0. The van der Waals surface area contributed by atoms with Crippen molar-refractivity contribution in [1.29, 1.82) is 0 Å². The van der Waals surface area contributed by atoms with Gasteiger partial charge in [-0.15, -0.1) is 0 Å². The first kappa shape index (κ1) is 22.2. The van der Waals surface area contributed by atoms with Crippen LogP contribution in [0.1, 0.15) is 11.1 Å². The van der Waals surface area contributed by atoms with E-state index in [4.69, 9.17) is 0 Å². The van der Waals surface area contributed by atoms with Gasteiger partial charge in [0.05, 0.1) is 22.4 Å². The Morgan fingerprint density at radius 1 is 0.969 bits per heavy atom. The van der Waals surface area contributed by atoms with Crippen LogP contribution in [-0.2, 0) is 27.4 Å². The number of rotatable bonds is 4. The van der Waals surface area contributed by atoms with E-state index in [1.807, 2.05) is 30.3 Å². The van der Waals surface area contributed by atoms with Gasteiger partial charge in [0, 0.05) is 37.8 Å². The molecule has 168 valence electrons. The van der Waals surface area contributed by atoms with E-state index in [1.165, 1.54) is 0 Å². The Morgan fingerprint density at radius 2 is 1.66 bits per heavy atom. The van der Waals surface area contributed by atoms with Gasteiger partial charge < -0.3 is 4.90 Å². The second-order valence-electron chi connectivity index (χ2n) is 7.48. The molecular weight excluding hydrogens is 443 g/mol. The van der Waals surface area contributed by atoms with E-state index in [-0.39, 0.29) is 38.5 Å². The number of alkyl halides is 3. The Bertz CT molecular complexity index is 1250.